The second kappa shape index (κ2) is 7.81. The van der Waals surface area contributed by atoms with Gasteiger partial charge in [0.15, 0.2) is 26.6 Å². The molecule has 0 aliphatic carbocycles. The second-order valence-electron chi connectivity index (χ2n) is 6.71. The molecule has 0 atom stereocenters. The van der Waals surface area contributed by atoms with Crippen molar-refractivity contribution in [2.45, 2.75) is 45.5 Å². The average molecular weight is 391 g/mol. The molecule has 1 rings (SSSR count). The van der Waals surface area contributed by atoms with Crippen molar-refractivity contribution >= 4 is 24.2 Å². The maximum absolute atomic E-state index is 6.25. The van der Waals surface area contributed by atoms with Crippen molar-refractivity contribution < 1.29 is 18.6 Å². The van der Waals surface area contributed by atoms with Crippen LogP contribution >= 0.6 is 15.9 Å². The van der Waals surface area contributed by atoms with Crippen LogP contribution in [0.4, 0.5) is 0 Å². The van der Waals surface area contributed by atoms with Gasteiger partial charge in [0.2, 0.25) is 0 Å². The van der Waals surface area contributed by atoms with E-state index in [1.807, 2.05) is 12.1 Å². The summed E-state index contributed by atoms with van der Waals surface area (Å²) < 4.78 is 23.0. The molecule has 1 aromatic carbocycles. The number of rotatable bonds is 7. The summed E-state index contributed by atoms with van der Waals surface area (Å²) in [6.07, 6.45) is 0. The monoisotopic (exact) mass is 390 g/mol. The maximum Gasteiger partial charge on any atom is 0.192 e. The van der Waals surface area contributed by atoms with Gasteiger partial charge >= 0.3 is 0 Å². The molecule has 0 spiro atoms. The van der Waals surface area contributed by atoms with E-state index in [0.717, 1.165) is 10.0 Å². The molecule has 22 heavy (non-hydrogen) atoms. The van der Waals surface area contributed by atoms with Crippen LogP contribution in [-0.2, 0) is 15.8 Å². The molecule has 0 aromatic heterocycles. The fraction of sp³-hybridized carbons (Fsp3) is 0.625. The van der Waals surface area contributed by atoms with E-state index >= 15 is 0 Å². The molecule has 0 amide bonds. The van der Waals surface area contributed by atoms with E-state index in [0.29, 0.717) is 18.1 Å². The molecule has 0 heterocycles. The zero-order chi connectivity index (χ0) is 17.0. The van der Waals surface area contributed by atoms with Gasteiger partial charge in [0, 0.05) is 7.11 Å². The first-order valence-electron chi connectivity index (χ1n) is 7.24. The van der Waals surface area contributed by atoms with E-state index in [1.54, 1.807) is 14.2 Å². The minimum absolute atomic E-state index is 0.175. The Labute approximate surface area is 143 Å². The van der Waals surface area contributed by atoms with E-state index in [1.165, 1.54) is 0 Å². The molecule has 0 unspecified atom stereocenters. The van der Waals surface area contributed by atoms with Crippen molar-refractivity contribution in [3.05, 3.63) is 22.2 Å². The molecule has 4 nitrogen and oxygen atoms in total. The Balaban J connectivity index is 2.92. The van der Waals surface area contributed by atoms with Gasteiger partial charge < -0.3 is 18.6 Å². The first-order chi connectivity index (χ1) is 10.1. The number of ether oxygens (including phenoxy) is 3. The van der Waals surface area contributed by atoms with Crippen LogP contribution in [0.2, 0.25) is 18.1 Å². The number of hydrogen-bond acceptors (Lipinski definition) is 4. The lowest BCUT2D eigenvalue weighted by Gasteiger charge is -2.36. The lowest BCUT2D eigenvalue weighted by molar-refractivity contribution is 0.0485. The van der Waals surface area contributed by atoms with Gasteiger partial charge in [-0.2, -0.15) is 0 Å². The van der Waals surface area contributed by atoms with Crippen LogP contribution in [0.1, 0.15) is 26.3 Å². The highest BCUT2D eigenvalue weighted by molar-refractivity contribution is 9.10. The van der Waals surface area contributed by atoms with Gasteiger partial charge in [-0.3, -0.25) is 0 Å². The number of halogens is 1. The van der Waals surface area contributed by atoms with Crippen molar-refractivity contribution in [2.24, 2.45) is 0 Å². The maximum atomic E-state index is 6.25. The largest absolute Gasteiger partial charge is 0.493 e. The van der Waals surface area contributed by atoms with E-state index < -0.39 is 8.32 Å². The first-order valence-corrected chi connectivity index (χ1v) is 10.9. The van der Waals surface area contributed by atoms with Crippen LogP contribution in [-0.4, -0.2) is 29.3 Å². The Kier molecular flexibility index (Phi) is 6.92. The van der Waals surface area contributed by atoms with Gasteiger partial charge in [-0.1, -0.05) is 20.8 Å². The molecule has 0 bridgehead atoms. The van der Waals surface area contributed by atoms with Crippen molar-refractivity contribution in [3.8, 4) is 11.5 Å². The van der Waals surface area contributed by atoms with Gasteiger partial charge in [0.05, 0.1) is 18.2 Å². The quantitative estimate of drug-likeness (QED) is 0.486. The Hall–Kier alpha value is -0.563. The van der Waals surface area contributed by atoms with Crippen molar-refractivity contribution in [1.82, 2.24) is 0 Å². The average Bonchev–Trinajstić information content (AvgIpc) is 2.42. The summed E-state index contributed by atoms with van der Waals surface area (Å²) in [7, 11) is 1.44. The van der Waals surface area contributed by atoms with Gasteiger partial charge in [0.1, 0.15) is 0 Å². The molecule has 6 heteroatoms. The number of benzene rings is 1. The van der Waals surface area contributed by atoms with Crippen LogP contribution in [0.15, 0.2) is 16.6 Å². The first kappa shape index (κ1) is 19.5. The molecule has 0 radical (unpaired) electrons. The van der Waals surface area contributed by atoms with E-state index in [-0.39, 0.29) is 11.8 Å². The SMILES string of the molecule is COCOc1c(Br)cc(CO[Si](C)(C)C(C)(C)C)cc1OC. The minimum Gasteiger partial charge on any atom is -0.493 e. The van der Waals surface area contributed by atoms with Gasteiger partial charge in [0.25, 0.3) is 0 Å². The molecule has 0 saturated carbocycles. The van der Waals surface area contributed by atoms with Crippen LogP contribution in [0, 0.1) is 0 Å². The van der Waals surface area contributed by atoms with E-state index in [2.05, 4.69) is 49.8 Å². The molecule has 1 aromatic rings. The summed E-state index contributed by atoms with van der Waals surface area (Å²) in [5, 5.41) is 0.190. The third-order valence-corrected chi connectivity index (χ3v) is 9.08. The summed E-state index contributed by atoms with van der Waals surface area (Å²) in [5.41, 5.74) is 1.05. The minimum atomic E-state index is -1.77. The fourth-order valence-electron chi connectivity index (χ4n) is 1.59. The molecule has 0 aliphatic heterocycles. The third kappa shape index (κ3) is 4.98. The lowest BCUT2D eigenvalue weighted by Crippen LogP contribution is -2.40. The Morgan fingerprint density at radius 3 is 2.27 bits per heavy atom. The van der Waals surface area contributed by atoms with E-state index in [4.69, 9.17) is 18.6 Å². The van der Waals surface area contributed by atoms with Gasteiger partial charge in [-0.15, -0.1) is 0 Å². The van der Waals surface area contributed by atoms with Gasteiger partial charge in [-0.05, 0) is 51.8 Å². The Morgan fingerprint density at radius 2 is 1.77 bits per heavy atom. The normalized spacial score (nSPS) is 12.4. The molecule has 0 saturated heterocycles. The highest BCUT2D eigenvalue weighted by Crippen LogP contribution is 2.39. The second-order valence-corrected chi connectivity index (χ2v) is 12.4. The Bertz CT molecular complexity index is 498. The predicted molar refractivity (Wildman–Crippen MR) is 95.2 cm³/mol. The van der Waals surface area contributed by atoms with E-state index in [9.17, 15) is 0 Å². The van der Waals surface area contributed by atoms with Crippen molar-refractivity contribution in [2.75, 3.05) is 21.0 Å². The Morgan fingerprint density at radius 1 is 1.14 bits per heavy atom. The third-order valence-electron chi connectivity index (χ3n) is 4.02. The van der Waals surface area contributed by atoms with Gasteiger partial charge in [-0.25, -0.2) is 0 Å². The summed E-state index contributed by atoms with van der Waals surface area (Å²) >= 11 is 3.52. The predicted octanol–water partition coefficient (Wildman–Crippen LogP) is 4.96. The molecule has 0 N–H and O–H groups in total. The van der Waals surface area contributed by atoms with Crippen LogP contribution in [0.5, 0.6) is 11.5 Å². The van der Waals surface area contributed by atoms with Crippen LogP contribution in [0.25, 0.3) is 0 Å². The summed E-state index contributed by atoms with van der Waals surface area (Å²) in [6.45, 7) is 11.9. The standard InChI is InChI=1S/C16H27BrO4Si/c1-16(2,3)22(6,7)21-10-12-8-13(17)15(20-11-18-4)14(9-12)19-5/h8-9H,10-11H2,1-7H3. The zero-order valence-electron chi connectivity index (χ0n) is 14.6. The summed E-state index contributed by atoms with van der Waals surface area (Å²) in [6, 6.07) is 3.95. The lowest BCUT2D eigenvalue weighted by atomic mass is 10.2. The highest BCUT2D eigenvalue weighted by atomic mass is 79.9. The molecule has 126 valence electrons. The van der Waals surface area contributed by atoms with Crippen molar-refractivity contribution in [1.29, 1.82) is 0 Å². The highest BCUT2D eigenvalue weighted by Gasteiger charge is 2.37. The molecule has 0 fully saturated rings. The summed E-state index contributed by atoms with van der Waals surface area (Å²) in [5.74, 6) is 1.31. The molecule has 0 aliphatic rings. The number of methoxy groups -OCH3 is 2. The summed E-state index contributed by atoms with van der Waals surface area (Å²) in [4.78, 5) is 0. The van der Waals surface area contributed by atoms with Crippen LogP contribution < -0.4 is 9.47 Å². The van der Waals surface area contributed by atoms with Crippen LogP contribution in [0.3, 0.4) is 0 Å². The smallest absolute Gasteiger partial charge is 0.192 e. The zero-order valence-corrected chi connectivity index (χ0v) is 17.2. The topological polar surface area (TPSA) is 36.9 Å². The molecular weight excluding hydrogens is 364 g/mol. The molecular formula is C16H27BrO4Si. The number of hydrogen-bond donors (Lipinski definition) is 0. The van der Waals surface area contributed by atoms with Crippen molar-refractivity contribution in [3.63, 3.8) is 0 Å². The fourth-order valence-corrected chi connectivity index (χ4v) is 3.16.